The number of H-pyrrole nitrogens is 1. The SMILES string of the molecule is CCOC(=O)/C(=C\N)c1ncnc2nc[nH]c12. The predicted molar refractivity (Wildman–Crippen MR) is 60.5 cm³/mol. The van der Waals surface area contributed by atoms with Gasteiger partial charge in [-0.2, -0.15) is 0 Å². The monoisotopic (exact) mass is 233 g/mol. The molecular formula is C10H11N5O2. The summed E-state index contributed by atoms with van der Waals surface area (Å²) in [5.41, 5.74) is 7.03. The van der Waals surface area contributed by atoms with Gasteiger partial charge in [0.15, 0.2) is 5.65 Å². The van der Waals surface area contributed by atoms with Crippen LogP contribution < -0.4 is 5.73 Å². The number of nitrogens with one attached hydrogen (secondary N) is 1. The van der Waals surface area contributed by atoms with Crippen LogP contribution in [0.1, 0.15) is 12.6 Å². The second kappa shape index (κ2) is 4.60. The van der Waals surface area contributed by atoms with Crippen molar-refractivity contribution in [2.24, 2.45) is 5.73 Å². The van der Waals surface area contributed by atoms with Crippen molar-refractivity contribution in [3.05, 3.63) is 24.5 Å². The van der Waals surface area contributed by atoms with Crippen molar-refractivity contribution in [2.45, 2.75) is 6.92 Å². The quantitative estimate of drug-likeness (QED) is 0.580. The van der Waals surface area contributed by atoms with Gasteiger partial charge in [0.2, 0.25) is 0 Å². The van der Waals surface area contributed by atoms with Gasteiger partial charge in [0.1, 0.15) is 23.1 Å². The molecule has 7 nitrogen and oxygen atoms in total. The maximum Gasteiger partial charge on any atom is 0.341 e. The smallest absolute Gasteiger partial charge is 0.341 e. The normalized spacial score (nSPS) is 11.7. The van der Waals surface area contributed by atoms with Gasteiger partial charge in [0, 0.05) is 6.20 Å². The zero-order valence-corrected chi connectivity index (χ0v) is 9.17. The van der Waals surface area contributed by atoms with E-state index < -0.39 is 5.97 Å². The molecule has 7 heteroatoms. The highest BCUT2D eigenvalue weighted by Crippen LogP contribution is 2.19. The molecule has 0 bridgehead atoms. The van der Waals surface area contributed by atoms with Crippen LogP contribution in [0, 0.1) is 0 Å². The number of hydrogen-bond acceptors (Lipinski definition) is 6. The van der Waals surface area contributed by atoms with Crippen molar-refractivity contribution in [2.75, 3.05) is 6.61 Å². The van der Waals surface area contributed by atoms with Gasteiger partial charge in [0.05, 0.1) is 12.9 Å². The fraction of sp³-hybridized carbons (Fsp3) is 0.200. The lowest BCUT2D eigenvalue weighted by Crippen LogP contribution is -2.10. The summed E-state index contributed by atoms with van der Waals surface area (Å²) in [5, 5.41) is 0. The van der Waals surface area contributed by atoms with Crippen LogP contribution in [0.2, 0.25) is 0 Å². The number of nitrogens with two attached hydrogens (primary N) is 1. The van der Waals surface area contributed by atoms with E-state index in [4.69, 9.17) is 10.5 Å². The molecule has 3 N–H and O–H groups in total. The largest absolute Gasteiger partial charge is 0.462 e. The van der Waals surface area contributed by atoms with Crippen LogP contribution in [-0.2, 0) is 9.53 Å². The Morgan fingerprint density at radius 1 is 1.53 bits per heavy atom. The Balaban J connectivity index is 2.51. The molecule has 0 radical (unpaired) electrons. The number of ether oxygens (including phenoxy) is 1. The maximum atomic E-state index is 11.7. The Labute approximate surface area is 96.7 Å². The summed E-state index contributed by atoms with van der Waals surface area (Å²) in [4.78, 5) is 26.5. The molecule has 2 heterocycles. The molecule has 0 saturated carbocycles. The van der Waals surface area contributed by atoms with E-state index in [1.807, 2.05) is 0 Å². The second-order valence-corrected chi connectivity index (χ2v) is 3.12. The molecule has 0 aliphatic rings. The van der Waals surface area contributed by atoms with E-state index in [9.17, 15) is 4.79 Å². The van der Waals surface area contributed by atoms with Gasteiger partial charge in [-0.15, -0.1) is 0 Å². The van der Waals surface area contributed by atoms with Crippen molar-refractivity contribution < 1.29 is 9.53 Å². The lowest BCUT2D eigenvalue weighted by atomic mass is 10.2. The molecule has 0 unspecified atom stereocenters. The average molecular weight is 233 g/mol. The summed E-state index contributed by atoms with van der Waals surface area (Å²) >= 11 is 0. The first-order valence-corrected chi connectivity index (χ1v) is 5.01. The molecule has 2 aromatic rings. The van der Waals surface area contributed by atoms with Gasteiger partial charge in [-0.1, -0.05) is 0 Å². The summed E-state index contributed by atoms with van der Waals surface area (Å²) < 4.78 is 4.89. The number of fused-ring (bicyclic) bond motifs is 1. The highest BCUT2D eigenvalue weighted by atomic mass is 16.5. The second-order valence-electron chi connectivity index (χ2n) is 3.12. The Kier molecular flexibility index (Phi) is 2.99. The highest BCUT2D eigenvalue weighted by molar-refractivity contribution is 6.18. The fourth-order valence-electron chi connectivity index (χ4n) is 1.42. The molecule has 0 aromatic carbocycles. The number of aromatic amines is 1. The predicted octanol–water partition coefficient (Wildman–Crippen LogP) is 0.216. The van der Waals surface area contributed by atoms with Crippen molar-refractivity contribution in [1.29, 1.82) is 0 Å². The minimum absolute atomic E-state index is 0.184. The third-order valence-corrected chi connectivity index (χ3v) is 2.14. The van der Waals surface area contributed by atoms with E-state index in [1.165, 1.54) is 18.9 Å². The standard InChI is InChI=1S/C10H11N5O2/c1-2-17-10(16)6(3-11)7-8-9(14-4-12-7)15-5-13-8/h3-5H,2,11H2,1H3,(H,12,13,14,15)/b6-3-. The number of aromatic nitrogens is 4. The molecule has 0 aliphatic carbocycles. The number of rotatable bonds is 3. The topological polar surface area (TPSA) is 107 Å². The van der Waals surface area contributed by atoms with Crippen LogP contribution in [0.25, 0.3) is 16.7 Å². The summed E-state index contributed by atoms with van der Waals surface area (Å²) in [5.74, 6) is -0.524. The minimum Gasteiger partial charge on any atom is -0.462 e. The van der Waals surface area contributed by atoms with Gasteiger partial charge in [-0.25, -0.2) is 19.7 Å². The molecular weight excluding hydrogens is 222 g/mol. The van der Waals surface area contributed by atoms with E-state index in [-0.39, 0.29) is 12.2 Å². The zero-order valence-electron chi connectivity index (χ0n) is 9.17. The van der Waals surface area contributed by atoms with E-state index >= 15 is 0 Å². The van der Waals surface area contributed by atoms with E-state index in [0.717, 1.165) is 0 Å². The number of carbonyl (C=O) groups is 1. The molecule has 88 valence electrons. The van der Waals surface area contributed by atoms with Gasteiger partial charge >= 0.3 is 5.97 Å². The van der Waals surface area contributed by atoms with Crippen molar-refractivity contribution in [3.8, 4) is 0 Å². The van der Waals surface area contributed by atoms with E-state index in [0.29, 0.717) is 16.9 Å². The Morgan fingerprint density at radius 2 is 2.35 bits per heavy atom. The molecule has 0 saturated heterocycles. The van der Waals surface area contributed by atoms with Crippen LogP contribution in [0.3, 0.4) is 0 Å². The van der Waals surface area contributed by atoms with Crippen molar-refractivity contribution in [3.63, 3.8) is 0 Å². The summed E-state index contributed by atoms with van der Waals surface area (Å²) in [6, 6.07) is 0. The molecule has 2 rings (SSSR count). The number of imidazole rings is 1. The van der Waals surface area contributed by atoms with E-state index in [1.54, 1.807) is 6.92 Å². The Bertz CT molecular complexity index is 575. The first-order chi connectivity index (χ1) is 8.27. The van der Waals surface area contributed by atoms with Crippen LogP contribution >= 0.6 is 0 Å². The molecule has 2 aromatic heterocycles. The fourth-order valence-corrected chi connectivity index (χ4v) is 1.42. The third kappa shape index (κ3) is 1.94. The average Bonchev–Trinajstić information content (AvgIpc) is 2.79. The summed E-state index contributed by atoms with van der Waals surface area (Å²) in [6.07, 6.45) is 3.96. The van der Waals surface area contributed by atoms with Crippen LogP contribution in [0.5, 0.6) is 0 Å². The van der Waals surface area contributed by atoms with Crippen molar-refractivity contribution in [1.82, 2.24) is 19.9 Å². The number of esters is 1. The summed E-state index contributed by atoms with van der Waals surface area (Å²) in [6.45, 7) is 1.99. The van der Waals surface area contributed by atoms with E-state index in [2.05, 4.69) is 19.9 Å². The first kappa shape index (κ1) is 11.1. The van der Waals surface area contributed by atoms with Gasteiger partial charge in [-0.05, 0) is 6.92 Å². The molecule has 0 spiro atoms. The van der Waals surface area contributed by atoms with Crippen LogP contribution in [0.4, 0.5) is 0 Å². The van der Waals surface area contributed by atoms with Crippen molar-refractivity contribution >= 4 is 22.7 Å². The van der Waals surface area contributed by atoms with Gasteiger partial charge in [0.25, 0.3) is 0 Å². The summed E-state index contributed by atoms with van der Waals surface area (Å²) in [7, 11) is 0. The lowest BCUT2D eigenvalue weighted by Gasteiger charge is -2.05. The van der Waals surface area contributed by atoms with Gasteiger partial charge in [-0.3, -0.25) is 0 Å². The molecule has 0 amide bonds. The first-order valence-electron chi connectivity index (χ1n) is 5.01. The number of hydrogen-bond donors (Lipinski definition) is 2. The van der Waals surface area contributed by atoms with Crippen LogP contribution in [-0.4, -0.2) is 32.5 Å². The third-order valence-electron chi connectivity index (χ3n) is 2.14. The van der Waals surface area contributed by atoms with Gasteiger partial charge < -0.3 is 15.5 Å². The minimum atomic E-state index is -0.524. The van der Waals surface area contributed by atoms with Crippen LogP contribution in [0.15, 0.2) is 18.9 Å². The molecule has 0 aliphatic heterocycles. The lowest BCUT2D eigenvalue weighted by molar-refractivity contribution is -0.136. The zero-order chi connectivity index (χ0) is 12.3. The Hall–Kier alpha value is -2.44. The Morgan fingerprint density at radius 3 is 3.06 bits per heavy atom. The number of carbonyl (C=O) groups excluding carboxylic acids is 1. The number of nitrogens with zero attached hydrogens (tertiary/aromatic N) is 3. The maximum absolute atomic E-state index is 11.7. The highest BCUT2D eigenvalue weighted by Gasteiger charge is 2.18. The molecule has 17 heavy (non-hydrogen) atoms. The molecule has 0 atom stereocenters. The molecule has 0 fully saturated rings.